The fourth-order valence-electron chi connectivity index (χ4n) is 3.15. The Morgan fingerprint density at radius 1 is 1.07 bits per heavy atom. The highest BCUT2D eigenvalue weighted by molar-refractivity contribution is 5.98. The number of carbonyl (C=O) groups is 1. The van der Waals surface area contributed by atoms with Crippen molar-refractivity contribution in [3.63, 3.8) is 0 Å². The highest BCUT2D eigenvalue weighted by Crippen LogP contribution is 2.36. The maximum absolute atomic E-state index is 13.7. The molecule has 4 aromatic rings. The molecule has 0 bridgehead atoms. The van der Waals surface area contributed by atoms with Crippen molar-refractivity contribution >= 4 is 23.0 Å². The van der Waals surface area contributed by atoms with Crippen LogP contribution in [0, 0.1) is 5.82 Å². The van der Waals surface area contributed by atoms with Gasteiger partial charge in [-0.2, -0.15) is 0 Å². The fraction of sp³-hybridized carbons (Fsp3) is 0.0909. The Labute approximate surface area is 166 Å². The summed E-state index contributed by atoms with van der Waals surface area (Å²) < 4.78 is 19.3. The Bertz CT molecular complexity index is 1210. The lowest BCUT2D eigenvalue weighted by Crippen LogP contribution is -2.01. The molecule has 0 amide bonds. The van der Waals surface area contributed by atoms with Crippen LogP contribution in [0.2, 0.25) is 0 Å². The van der Waals surface area contributed by atoms with Gasteiger partial charge in [0, 0.05) is 30.4 Å². The number of aromatic nitrogens is 3. The van der Waals surface area contributed by atoms with Crippen LogP contribution < -0.4 is 10.1 Å². The summed E-state index contributed by atoms with van der Waals surface area (Å²) in [6, 6.07) is 11.8. The van der Waals surface area contributed by atoms with E-state index in [-0.39, 0.29) is 5.56 Å². The standard InChI is InChI=1S/C22H17FN4O2/c1-24-22-17-9-15(13-5-6-18(23)16(8-13)12-28)10-19(29-2)20(17)26-21(27-22)14-4-3-7-25-11-14/h3-12H,1-2H3,(H,24,26,27). The lowest BCUT2D eigenvalue weighted by Gasteiger charge is -2.13. The van der Waals surface area contributed by atoms with Crippen LogP contribution in [0.15, 0.2) is 54.9 Å². The molecule has 0 aliphatic rings. The summed E-state index contributed by atoms with van der Waals surface area (Å²) in [5.41, 5.74) is 2.86. The van der Waals surface area contributed by atoms with Gasteiger partial charge in [-0.3, -0.25) is 9.78 Å². The van der Waals surface area contributed by atoms with E-state index in [1.54, 1.807) is 32.6 Å². The molecule has 0 fully saturated rings. The van der Waals surface area contributed by atoms with E-state index in [4.69, 9.17) is 4.74 Å². The first-order valence-corrected chi connectivity index (χ1v) is 8.87. The van der Waals surface area contributed by atoms with Crippen molar-refractivity contribution in [2.24, 2.45) is 0 Å². The average Bonchev–Trinajstić information content (AvgIpc) is 2.78. The zero-order chi connectivity index (χ0) is 20.4. The summed E-state index contributed by atoms with van der Waals surface area (Å²) in [6.07, 6.45) is 3.88. The summed E-state index contributed by atoms with van der Waals surface area (Å²) in [5, 5.41) is 3.84. The fourth-order valence-corrected chi connectivity index (χ4v) is 3.15. The summed E-state index contributed by atoms with van der Waals surface area (Å²) in [6.45, 7) is 0. The quantitative estimate of drug-likeness (QED) is 0.512. The highest BCUT2D eigenvalue weighted by Gasteiger charge is 2.15. The second-order valence-electron chi connectivity index (χ2n) is 6.32. The van der Waals surface area contributed by atoms with Gasteiger partial charge in [0.1, 0.15) is 22.9 Å². The van der Waals surface area contributed by atoms with Crippen molar-refractivity contribution in [1.29, 1.82) is 0 Å². The number of fused-ring (bicyclic) bond motifs is 1. The van der Waals surface area contributed by atoms with Gasteiger partial charge in [0.15, 0.2) is 12.1 Å². The number of halogens is 1. The average molecular weight is 388 g/mol. The zero-order valence-corrected chi connectivity index (χ0v) is 15.8. The Morgan fingerprint density at radius 2 is 1.93 bits per heavy atom. The predicted octanol–water partition coefficient (Wildman–Crippen LogP) is 4.36. The molecule has 0 saturated heterocycles. The lowest BCUT2D eigenvalue weighted by molar-refractivity contribution is 0.112. The van der Waals surface area contributed by atoms with Crippen LogP contribution in [-0.2, 0) is 0 Å². The van der Waals surface area contributed by atoms with E-state index < -0.39 is 5.82 Å². The lowest BCUT2D eigenvalue weighted by atomic mass is 10.0. The molecule has 4 rings (SSSR count). The molecule has 2 aromatic carbocycles. The molecule has 0 atom stereocenters. The number of pyridine rings is 1. The Balaban J connectivity index is 1.96. The number of benzene rings is 2. The van der Waals surface area contributed by atoms with Crippen molar-refractivity contribution in [3.05, 3.63) is 66.2 Å². The first-order valence-electron chi connectivity index (χ1n) is 8.87. The first kappa shape index (κ1) is 18.5. The van der Waals surface area contributed by atoms with Crippen LogP contribution in [-0.4, -0.2) is 35.4 Å². The van der Waals surface area contributed by atoms with Gasteiger partial charge >= 0.3 is 0 Å². The predicted molar refractivity (Wildman–Crippen MR) is 110 cm³/mol. The molecule has 1 N–H and O–H groups in total. The Hall–Kier alpha value is -3.87. The van der Waals surface area contributed by atoms with Crippen LogP contribution in [0.1, 0.15) is 10.4 Å². The van der Waals surface area contributed by atoms with Gasteiger partial charge in [0.2, 0.25) is 0 Å². The van der Waals surface area contributed by atoms with E-state index in [0.29, 0.717) is 34.8 Å². The molecule has 29 heavy (non-hydrogen) atoms. The maximum atomic E-state index is 13.7. The molecule has 6 nitrogen and oxygen atoms in total. The van der Waals surface area contributed by atoms with Crippen molar-refractivity contribution in [3.8, 4) is 28.3 Å². The van der Waals surface area contributed by atoms with Gasteiger partial charge in [-0.1, -0.05) is 6.07 Å². The number of carbonyl (C=O) groups excluding carboxylic acids is 1. The van der Waals surface area contributed by atoms with Crippen molar-refractivity contribution in [1.82, 2.24) is 15.0 Å². The van der Waals surface area contributed by atoms with Crippen molar-refractivity contribution in [2.45, 2.75) is 0 Å². The van der Waals surface area contributed by atoms with E-state index in [2.05, 4.69) is 20.3 Å². The third kappa shape index (κ3) is 3.38. The molecule has 2 heterocycles. The van der Waals surface area contributed by atoms with Crippen LogP contribution in [0.3, 0.4) is 0 Å². The van der Waals surface area contributed by atoms with Crippen molar-refractivity contribution in [2.75, 3.05) is 19.5 Å². The maximum Gasteiger partial charge on any atom is 0.163 e. The number of aldehydes is 1. The van der Waals surface area contributed by atoms with Crippen LogP contribution in [0.25, 0.3) is 33.4 Å². The summed E-state index contributed by atoms with van der Waals surface area (Å²) in [7, 11) is 3.33. The second kappa shape index (κ2) is 7.63. The molecule has 0 aliphatic carbocycles. The van der Waals surface area contributed by atoms with E-state index >= 15 is 0 Å². The van der Waals surface area contributed by atoms with E-state index in [1.165, 1.54) is 12.1 Å². The smallest absolute Gasteiger partial charge is 0.163 e. The molecular weight excluding hydrogens is 371 g/mol. The third-order valence-corrected chi connectivity index (χ3v) is 4.60. The molecular formula is C22H17FN4O2. The van der Waals surface area contributed by atoms with Gasteiger partial charge in [-0.05, 0) is 47.5 Å². The molecule has 0 radical (unpaired) electrons. The molecule has 0 unspecified atom stereocenters. The number of methoxy groups -OCH3 is 1. The number of anilines is 1. The van der Waals surface area contributed by atoms with E-state index in [0.717, 1.165) is 16.5 Å². The normalized spacial score (nSPS) is 10.7. The van der Waals surface area contributed by atoms with Crippen LogP contribution in [0.5, 0.6) is 5.75 Å². The van der Waals surface area contributed by atoms with Gasteiger partial charge in [0.05, 0.1) is 12.7 Å². The minimum absolute atomic E-state index is 0.00132. The Kier molecular flexibility index (Phi) is 4.87. The number of nitrogens with zero attached hydrogens (tertiary/aromatic N) is 3. The van der Waals surface area contributed by atoms with Crippen LogP contribution >= 0.6 is 0 Å². The van der Waals surface area contributed by atoms with Crippen LogP contribution in [0.4, 0.5) is 10.2 Å². The minimum atomic E-state index is -0.558. The van der Waals surface area contributed by atoms with Gasteiger partial charge in [-0.15, -0.1) is 0 Å². The van der Waals surface area contributed by atoms with E-state index in [9.17, 15) is 9.18 Å². The number of hydrogen-bond acceptors (Lipinski definition) is 6. The molecule has 0 saturated carbocycles. The summed E-state index contributed by atoms with van der Waals surface area (Å²) >= 11 is 0. The van der Waals surface area contributed by atoms with Crippen molar-refractivity contribution < 1.29 is 13.9 Å². The van der Waals surface area contributed by atoms with E-state index in [1.807, 2.05) is 24.3 Å². The summed E-state index contributed by atoms with van der Waals surface area (Å²) in [4.78, 5) is 24.5. The monoisotopic (exact) mass is 388 g/mol. The molecule has 2 aromatic heterocycles. The molecule has 0 spiro atoms. The van der Waals surface area contributed by atoms with Gasteiger partial charge in [-0.25, -0.2) is 14.4 Å². The largest absolute Gasteiger partial charge is 0.494 e. The van der Waals surface area contributed by atoms with Gasteiger partial charge in [0.25, 0.3) is 0 Å². The molecule has 7 heteroatoms. The van der Waals surface area contributed by atoms with Gasteiger partial charge < -0.3 is 10.1 Å². The number of hydrogen-bond donors (Lipinski definition) is 1. The zero-order valence-electron chi connectivity index (χ0n) is 15.8. The SMILES string of the molecule is CNc1nc(-c2cccnc2)nc2c(OC)cc(-c3ccc(F)c(C=O)c3)cc12. The minimum Gasteiger partial charge on any atom is -0.494 e. The highest BCUT2D eigenvalue weighted by atomic mass is 19.1. The number of rotatable bonds is 5. The Morgan fingerprint density at radius 3 is 2.62 bits per heavy atom. The second-order valence-corrected chi connectivity index (χ2v) is 6.32. The topological polar surface area (TPSA) is 77.0 Å². The first-order chi connectivity index (χ1) is 14.1. The molecule has 0 aliphatic heterocycles. The number of nitrogens with one attached hydrogen (secondary N) is 1. The number of ether oxygens (including phenoxy) is 1. The molecule has 144 valence electrons. The third-order valence-electron chi connectivity index (χ3n) is 4.60. The summed E-state index contributed by atoms with van der Waals surface area (Å²) in [5.74, 6) is 1.12.